The van der Waals surface area contributed by atoms with Crippen LogP contribution in [0.25, 0.3) is 5.52 Å². The van der Waals surface area contributed by atoms with Crippen molar-refractivity contribution >= 4 is 23.1 Å². The number of methoxy groups -OCH3 is 1. The van der Waals surface area contributed by atoms with E-state index in [9.17, 15) is 4.79 Å². The van der Waals surface area contributed by atoms with E-state index in [1.54, 1.807) is 6.07 Å². The van der Waals surface area contributed by atoms with E-state index in [4.69, 9.17) is 16.3 Å². The van der Waals surface area contributed by atoms with Gasteiger partial charge in [0.1, 0.15) is 5.82 Å². The smallest absolute Gasteiger partial charge is 0.340 e. The number of pyridine rings is 1. The zero-order chi connectivity index (χ0) is 14.1. The standard InChI is InChI=1S/C15H17ClN2O2/c1-20-15(19)11-8-5-9-18-12(11)13(16)17-14(18)10-6-3-2-4-7-10/h5,8-10H,2-4,6-7H2,1H3. The van der Waals surface area contributed by atoms with Gasteiger partial charge < -0.3 is 9.14 Å². The van der Waals surface area contributed by atoms with Gasteiger partial charge in [0.25, 0.3) is 0 Å². The number of imidazole rings is 1. The van der Waals surface area contributed by atoms with Gasteiger partial charge in [-0.25, -0.2) is 9.78 Å². The summed E-state index contributed by atoms with van der Waals surface area (Å²) in [7, 11) is 1.37. The average molecular weight is 293 g/mol. The first-order chi connectivity index (χ1) is 9.72. The third-order valence-electron chi connectivity index (χ3n) is 4.02. The van der Waals surface area contributed by atoms with Crippen molar-refractivity contribution in [2.24, 2.45) is 0 Å². The lowest BCUT2D eigenvalue weighted by Gasteiger charge is -2.20. The SMILES string of the molecule is COC(=O)c1cccn2c(C3CCCCC3)nc(Cl)c12. The number of carbonyl (C=O) groups is 1. The van der Waals surface area contributed by atoms with Crippen LogP contribution in [0.4, 0.5) is 0 Å². The maximum Gasteiger partial charge on any atom is 0.340 e. The Labute approximate surface area is 122 Å². The first-order valence-electron chi connectivity index (χ1n) is 6.97. The van der Waals surface area contributed by atoms with Crippen LogP contribution in [0.1, 0.15) is 54.2 Å². The monoisotopic (exact) mass is 292 g/mol. The van der Waals surface area contributed by atoms with Crippen molar-refractivity contribution in [3.63, 3.8) is 0 Å². The molecule has 0 amide bonds. The average Bonchev–Trinajstić information content (AvgIpc) is 2.85. The number of hydrogen-bond acceptors (Lipinski definition) is 3. The van der Waals surface area contributed by atoms with Gasteiger partial charge in [-0.15, -0.1) is 0 Å². The fourth-order valence-corrected chi connectivity index (χ4v) is 3.32. The van der Waals surface area contributed by atoms with Crippen LogP contribution in [-0.4, -0.2) is 22.5 Å². The molecule has 0 spiro atoms. The van der Waals surface area contributed by atoms with Gasteiger partial charge in [-0.2, -0.15) is 0 Å². The van der Waals surface area contributed by atoms with Crippen LogP contribution in [-0.2, 0) is 4.74 Å². The predicted octanol–water partition coefficient (Wildman–Crippen LogP) is 3.82. The van der Waals surface area contributed by atoms with Crippen molar-refractivity contribution in [2.75, 3.05) is 7.11 Å². The molecule has 4 nitrogen and oxygen atoms in total. The van der Waals surface area contributed by atoms with Crippen LogP contribution in [0.2, 0.25) is 5.15 Å². The minimum atomic E-state index is -0.382. The van der Waals surface area contributed by atoms with Crippen molar-refractivity contribution in [3.05, 3.63) is 34.9 Å². The number of fused-ring (bicyclic) bond motifs is 1. The Kier molecular flexibility index (Phi) is 3.66. The highest BCUT2D eigenvalue weighted by Crippen LogP contribution is 2.34. The molecule has 2 heterocycles. The van der Waals surface area contributed by atoms with Crippen LogP contribution in [0.3, 0.4) is 0 Å². The number of esters is 1. The minimum Gasteiger partial charge on any atom is -0.465 e. The summed E-state index contributed by atoms with van der Waals surface area (Å²) in [4.78, 5) is 16.4. The van der Waals surface area contributed by atoms with E-state index in [0.717, 1.165) is 18.7 Å². The summed E-state index contributed by atoms with van der Waals surface area (Å²) in [6, 6.07) is 3.56. The zero-order valence-corrected chi connectivity index (χ0v) is 12.2. The summed E-state index contributed by atoms with van der Waals surface area (Å²) in [6.07, 6.45) is 7.95. The third kappa shape index (κ3) is 2.18. The molecule has 5 heteroatoms. The van der Waals surface area contributed by atoms with Crippen molar-refractivity contribution in [1.29, 1.82) is 0 Å². The Balaban J connectivity index is 2.14. The van der Waals surface area contributed by atoms with Crippen LogP contribution >= 0.6 is 11.6 Å². The molecule has 0 aromatic carbocycles. The molecule has 3 rings (SSSR count). The lowest BCUT2D eigenvalue weighted by Crippen LogP contribution is -2.09. The molecule has 0 bridgehead atoms. The summed E-state index contributed by atoms with van der Waals surface area (Å²) in [5.74, 6) is 1.01. The Morgan fingerprint density at radius 3 is 2.85 bits per heavy atom. The van der Waals surface area contributed by atoms with Crippen LogP contribution in [0, 0.1) is 0 Å². The van der Waals surface area contributed by atoms with E-state index in [1.807, 2.05) is 16.7 Å². The van der Waals surface area contributed by atoms with Gasteiger partial charge in [-0.1, -0.05) is 30.9 Å². The fourth-order valence-electron chi connectivity index (χ4n) is 3.04. The molecule has 1 aliphatic rings. The summed E-state index contributed by atoms with van der Waals surface area (Å²) in [5.41, 5.74) is 1.12. The minimum absolute atomic E-state index is 0.381. The largest absolute Gasteiger partial charge is 0.465 e. The van der Waals surface area contributed by atoms with Gasteiger partial charge in [-0.3, -0.25) is 0 Å². The molecule has 0 N–H and O–H groups in total. The van der Waals surface area contributed by atoms with Crippen LogP contribution < -0.4 is 0 Å². The Morgan fingerprint density at radius 1 is 1.40 bits per heavy atom. The molecule has 1 aliphatic carbocycles. The molecule has 2 aromatic heterocycles. The fraction of sp³-hybridized carbons (Fsp3) is 0.467. The normalized spacial score (nSPS) is 16.5. The molecule has 2 aromatic rings. The van der Waals surface area contributed by atoms with Gasteiger partial charge in [0.05, 0.1) is 18.2 Å². The van der Waals surface area contributed by atoms with Crippen molar-refractivity contribution < 1.29 is 9.53 Å². The summed E-state index contributed by atoms with van der Waals surface area (Å²) in [6.45, 7) is 0. The van der Waals surface area contributed by atoms with Gasteiger partial charge in [0.15, 0.2) is 5.15 Å². The molecule has 1 fully saturated rings. The molecule has 0 atom stereocenters. The molecular weight excluding hydrogens is 276 g/mol. The van der Waals surface area contributed by atoms with E-state index in [0.29, 0.717) is 22.2 Å². The van der Waals surface area contributed by atoms with Gasteiger partial charge in [0, 0.05) is 12.1 Å². The lowest BCUT2D eigenvalue weighted by molar-refractivity contribution is 0.0602. The molecule has 0 unspecified atom stereocenters. The molecule has 0 saturated heterocycles. The van der Waals surface area contributed by atoms with Gasteiger partial charge >= 0.3 is 5.97 Å². The summed E-state index contributed by atoms with van der Waals surface area (Å²) >= 11 is 6.26. The lowest BCUT2D eigenvalue weighted by atomic mass is 9.89. The molecule has 0 aliphatic heterocycles. The highest BCUT2D eigenvalue weighted by atomic mass is 35.5. The number of halogens is 1. The van der Waals surface area contributed by atoms with Crippen molar-refractivity contribution in [3.8, 4) is 0 Å². The van der Waals surface area contributed by atoms with E-state index < -0.39 is 0 Å². The van der Waals surface area contributed by atoms with E-state index in [-0.39, 0.29) is 5.97 Å². The second-order valence-corrected chi connectivity index (χ2v) is 5.59. The number of aromatic nitrogens is 2. The van der Waals surface area contributed by atoms with E-state index >= 15 is 0 Å². The number of hydrogen-bond donors (Lipinski definition) is 0. The quantitative estimate of drug-likeness (QED) is 0.790. The third-order valence-corrected chi connectivity index (χ3v) is 4.29. The number of rotatable bonds is 2. The highest BCUT2D eigenvalue weighted by Gasteiger charge is 2.24. The van der Waals surface area contributed by atoms with Gasteiger partial charge in [0.2, 0.25) is 0 Å². The Morgan fingerprint density at radius 2 is 2.15 bits per heavy atom. The van der Waals surface area contributed by atoms with Crippen LogP contribution in [0.15, 0.2) is 18.3 Å². The number of ether oxygens (including phenoxy) is 1. The predicted molar refractivity (Wildman–Crippen MR) is 77.4 cm³/mol. The second-order valence-electron chi connectivity index (χ2n) is 5.23. The molecule has 0 radical (unpaired) electrons. The molecule has 1 saturated carbocycles. The van der Waals surface area contributed by atoms with Gasteiger partial charge in [-0.05, 0) is 25.0 Å². The van der Waals surface area contributed by atoms with Crippen LogP contribution in [0.5, 0.6) is 0 Å². The molecule has 106 valence electrons. The molecule has 20 heavy (non-hydrogen) atoms. The zero-order valence-electron chi connectivity index (χ0n) is 11.4. The summed E-state index contributed by atoms with van der Waals surface area (Å²) < 4.78 is 6.76. The first-order valence-corrected chi connectivity index (χ1v) is 7.35. The Bertz CT molecular complexity index is 645. The first kappa shape index (κ1) is 13.4. The number of carbonyl (C=O) groups excluding carboxylic acids is 1. The van der Waals surface area contributed by atoms with E-state index in [2.05, 4.69) is 4.98 Å². The maximum absolute atomic E-state index is 11.8. The highest BCUT2D eigenvalue weighted by molar-refractivity contribution is 6.33. The van der Waals surface area contributed by atoms with Crippen molar-refractivity contribution in [1.82, 2.24) is 9.38 Å². The van der Waals surface area contributed by atoms with Crippen molar-refractivity contribution in [2.45, 2.75) is 38.0 Å². The maximum atomic E-state index is 11.8. The Hall–Kier alpha value is -1.55. The topological polar surface area (TPSA) is 43.6 Å². The number of nitrogens with zero attached hydrogens (tertiary/aromatic N) is 2. The second kappa shape index (κ2) is 5.44. The summed E-state index contributed by atoms with van der Waals surface area (Å²) in [5, 5.41) is 0.381. The molecular formula is C15H17ClN2O2. The van der Waals surface area contributed by atoms with E-state index in [1.165, 1.54) is 26.4 Å².